The van der Waals surface area contributed by atoms with Crippen LogP contribution in [0.5, 0.6) is 0 Å². The standard InChI is InChI=1S/C13H16FN3.ClH/c14-12-2-1-10(7-11(12)8-15)13(16)9-3-5-17-6-4-9;/h1-2,7,9,13,17H,3-6,16H2;1H/t13-;/m1./s1. The largest absolute Gasteiger partial charge is 0.324 e. The van der Waals surface area contributed by atoms with Gasteiger partial charge in [-0.2, -0.15) is 5.26 Å². The lowest BCUT2D eigenvalue weighted by molar-refractivity contribution is 0.322. The number of nitrogens with one attached hydrogen (secondary N) is 1. The number of hydrogen-bond donors (Lipinski definition) is 2. The lowest BCUT2D eigenvalue weighted by atomic mass is 9.86. The Morgan fingerprint density at radius 2 is 2.06 bits per heavy atom. The summed E-state index contributed by atoms with van der Waals surface area (Å²) in [5, 5.41) is 12.1. The van der Waals surface area contributed by atoms with Gasteiger partial charge in [-0.05, 0) is 49.5 Å². The Kier molecular flexibility index (Phi) is 5.54. The van der Waals surface area contributed by atoms with Gasteiger partial charge in [-0.3, -0.25) is 0 Å². The Morgan fingerprint density at radius 3 is 2.67 bits per heavy atom. The van der Waals surface area contributed by atoms with E-state index in [-0.39, 0.29) is 24.0 Å². The number of nitriles is 1. The van der Waals surface area contributed by atoms with Crippen molar-refractivity contribution < 1.29 is 4.39 Å². The summed E-state index contributed by atoms with van der Waals surface area (Å²) in [6.07, 6.45) is 2.06. The quantitative estimate of drug-likeness (QED) is 0.865. The Morgan fingerprint density at radius 1 is 1.39 bits per heavy atom. The fourth-order valence-corrected chi connectivity index (χ4v) is 2.31. The predicted octanol–water partition coefficient (Wildman–Crippen LogP) is 2.12. The molecule has 0 spiro atoms. The SMILES string of the molecule is Cl.N#Cc1cc([C@H](N)C2CCNCC2)ccc1F. The second-order valence-electron chi connectivity index (χ2n) is 4.46. The Labute approximate surface area is 113 Å². The fourth-order valence-electron chi connectivity index (χ4n) is 2.31. The van der Waals surface area contributed by atoms with Crippen LogP contribution in [0, 0.1) is 23.1 Å². The minimum atomic E-state index is -0.478. The third-order valence-corrected chi connectivity index (χ3v) is 3.39. The molecular formula is C13H17ClFN3. The van der Waals surface area contributed by atoms with E-state index < -0.39 is 5.82 Å². The van der Waals surface area contributed by atoms with Crippen LogP contribution in [0.1, 0.15) is 30.0 Å². The molecule has 1 aromatic carbocycles. The molecule has 5 heteroatoms. The highest BCUT2D eigenvalue weighted by Crippen LogP contribution is 2.27. The third-order valence-electron chi connectivity index (χ3n) is 3.39. The van der Waals surface area contributed by atoms with Crippen LogP contribution < -0.4 is 11.1 Å². The summed E-state index contributed by atoms with van der Waals surface area (Å²) >= 11 is 0. The van der Waals surface area contributed by atoms with Gasteiger partial charge in [0.2, 0.25) is 0 Å². The molecule has 1 aliphatic heterocycles. The normalized spacial score (nSPS) is 17.6. The van der Waals surface area contributed by atoms with Crippen LogP contribution in [-0.2, 0) is 0 Å². The highest BCUT2D eigenvalue weighted by Gasteiger charge is 2.22. The van der Waals surface area contributed by atoms with E-state index >= 15 is 0 Å². The molecule has 2 rings (SSSR count). The molecule has 1 heterocycles. The zero-order valence-electron chi connectivity index (χ0n) is 10.0. The number of nitrogens with zero attached hydrogens (tertiary/aromatic N) is 1. The lowest BCUT2D eigenvalue weighted by Crippen LogP contribution is -2.33. The average molecular weight is 270 g/mol. The van der Waals surface area contributed by atoms with E-state index in [1.807, 2.05) is 6.07 Å². The molecule has 3 nitrogen and oxygen atoms in total. The Balaban J connectivity index is 0.00000162. The van der Waals surface area contributed by atoms with Crippen molar-refractivity contribution in [3.05, 3.63) is 35.1 Å². The summed E-state index contributed by atoms with van der Waals surface area (Å²) in [6, 6.07) is 6.33. The van der Waals surface area contributed by atoms with Gasteiger partial charge < -0.3 is 11.1 Å². The predicted molar refractivity (Wildman–Crippen MR) is 70.9 cm³/mol. The topological polar surface area (TPSA) is 61.8 Å². The highest BCUT2D eigenvalue weighted by molar-refractivity contribution is 5.85. The van der Waals surface area contributed by atoms with Crippen molar-refractivity contribution in [1.29, 1.82) is 5.26 Å². The maximum absolute atomic E-state index is 13.2. The maximum Gasteiger partial charge on any atom is 0.140 e. The zero-order chi connectivity index (χ0) is 12.3. The molecule has 0 radical (unpaired) electrons. The molecule has 0 amide bonds. The van der Waals surface area contributed by atoms with E-state index in [2.05, 4.69) is 5.32 Å². The summed E-state index contributed by atoms with van der Waals surface area (Å²) in [4.78, 5) is 0. The molecule has 0 saturated carbocycles. The van der Waals surface area contributed by atoms with E-state index in [0.717, 1.165) is 31.5 Å². The molecule has 1 atom stereocenters. The van der Waals surface area contributed by atoms with Gasteiger partial charge in [0.05, 0.1) is 5.56 Å². The van der Waals surface area contributed by atoms with Crippen LogP contribution in [-0.4, -0.2) is 13.1 Å². The average Bonchev–Trinajstić information content (AvgIpc) is 2.39. The molecule has 1 saturated heterocycles. The van der Waals surface area contributed by atoms with Gasteiger partial charge >= 0.3 is 0 Å². The van der Waals surface area contributed by atoms with E-state index in [1.54, 1.807) is 12.1 Å². The Hall–Kier alpha value is -1.15. The lowest BCUT2D eigenvalue weighted by Gasteiger charge is -2.28. The molecule has 0 aliphatic carbocycles. The summed E-state index contributed by atoms with van der Waals surface area (Å²) < 4.78 is 13.2. The first kappa shape index (κ1) is 14.9. The molecule has 1 aliphatic rings. The van der Waals surface area contributed by atoms with E-state index in [1.165, 1.54) is 6.07 Å². The van der Waals surface area contributed by atoms with E-state index in [9.17, 15) is 4.39 Å². The van der Waals surface area contributed by atoms with Crippen LogP contribution in [0.4, 0.5) is 4.39 Å². The number of nitrogens with two attached hydrogens (primary N) is 1. The molecule has 18 heavy (non-hydrogen) atoms. The molecule has 0 aromatic heterocycles. The monoisotopic (exact) mass is 269 g/mol. The third kappa shape index (κ3) is 3.20. The molecule has 0 bridgehead atoms. The van der Waals surface area contributed by atoms with Crippen molar-refractivity contribution in [2.75, 3.05) is 13.1 Å². The number of benzene rings is 1. The van der Waals surface area contributed by atoms with Crippen molar-refractivity contribution in [3.63, 3.8) is 0 Å². The van der Waals surface area contributed by atoms with Crippen LogP contribution >= 0.6 is 12.4 Å². The number of piperidine rings is 1. The number of halogens is 2. The first-order valence-electron chi connectivity index (χ1n) is 5.88. The molecular weight excluding hydrogens is 253 g/mol. The first-order chi connectivity index (χ1) is 8.22. The minimum absolute atomic E-state index is 0. The number of rotatable bonds is 2. The molecule has 0 unspecified atom stereocenters. The van der Waals surface area contributed by atoms with Crippen molar-refractivity contribution >= 4 is 12.4 Å². The van der Waals surface area contributed by atoms with Gasteiger partial charge in [-0.25, -0.2) is 4.39 Å². The van der Waals surface area contributed by atoms with Crippen molar-refractivity contribution in [1.82, 2.24) is 5.32 Å². The molecule has 3 N–H and O–H groups in total. The van der Waals surface area contributed by atoms with E-state index in [4.69, 9.17) is 11.0 Å². The second-order valence-corrected chi connectivity index (χ2v) is 4.46. The smallest absolute Gasteiger partial charge is 0.140 e. The van der Waals surface area contributed by atoms with Gasteiger partial charge in [-0.1, -0.05) is 6.07 Å². The second kappa shape index (κ2) is 6.69. The summed E-state index contributed by atoms with van der Waals surface area (Å²) in [5.41, 5.74) is 7.12. The summed E-state index contributed by atoms with van der Waals surface area (Å²) in [6.45, 7) is 1.95. The molecule has 1 fully saturated rings. The van der Waals surface area contributed by atoms with Crippen LogP contribution in [0.3, 0.4) is 0 Å². The summed E-state index contributed by atoms with van der Waals surface area (Å²) in [5.74, 6) is -0.0676. The van der Waals surface area contributed by atoms with Crippen molar-refractivity contribution in [2.24, 2.45) is 11.7 Å². The fraction of sp³-hybridized carbons (Fsp3) is 0.462. The van der Waals surface area contributed by atoms with Gasteiger partial charge in [0.15, 0.2) is 0 Å². The maximum atomic E-state index is 13.2. The van der Waals surface area contributed by atoms with Crippen molar-refractivity contribution in [3.8, 4) is 6.07 Å². The van der Waals surface area contributed by atoms with Gasteiger partial charge in [-0.15, -0.1) is 12.4 Å². The highest BCUT2D eigenvalue weighted by atomic mass is 35.5. The van der Waals surface area contributed by atoms with Crippen LogP contribution in [0.2, 0.25) is 0 Å². The molecule has 1 aromatic rings. The van der Waals surface area contributed by atoms with Gasteiger partial charge in [0.25, 0.3) is 0 Å². The summed E-state index contributed by atoms with van der Waals surface area (Å²) in [7, 11) is 0. The van der Waals surface area contributed by atoms with Crippen LogP contribution in [0.25, 0.3) is 0 Å². The van der Waals surface area contributed by atoms with Crippen molar-refractivity contribution in [2.45, 2.75) is 18.9 Å². The molecule has 98 valence electrons. The van der Waals surface area contributed by atoms with Gasteiger partial charge in [0, 0.05) is 6.04 Å². The Bertz CT molecular complexity index is 438. The van der Waals surface area contributed by atoms with Crippen LogP contribution in [0.15, 0.2) is 18.2 Å². The zero-order valence-corrected chi connectivity index (χ0v) is 10.8. The number of hydrogen-bond acceptors (Lipinski definition) is 3. The van der Waals surface area contributed by atoms with E-state index in [0.29, 0.717) is 5.92 Å². The van der Waals surface area contributed by atoms with Gasteiger partial charge in [0.1, 0.15) is 11.9 Å². The first-order valence-corrected chi connectivity index (χ1v) is 5.88. The minimum Gasteiger partial charge on any atom is -0.324 e.